The zero-order chi connectivity index (χ0) is 18.8. The molecule has 3 aromatic rings. The third-order valence-electron chi connectivity index (χ3n) is 4.52. The molecule has 3 aromatic heterocycles. The molecule has 4 rings (SSSR count). The van der Waals surface area contributed by atoms with Crippen molar-refractivity contribution in [2.45, 2.75) is 12.5 Å². The van der Waals surface area contributed by atoms with Gasteiger partial charge in [0.15, 0.2) is 0 Å². The molecule has 1 aliphatic heterocycles. The third kappa shape index (κ3) is 3.27. The van der Waals surface area contributed by atoms with Gasteiger partial charge in [0, 0.05) is 37.5 Å². The van der Waals surface area contributed by atoms with Gasteiger partial charge in [-0.05, 0) is 12.1 Å². The highest BCUT2D eigenvalue weighted by atomic mass is 16.5. The lowest BCUT2D eigenvalue weighted by Crippen LogP contribution is -2.31. The van der Waals surface area contributed by atoms with E-state index in [9.17, 15) is 4.79 Å². The Labute approximate surface area is 155 Å². The molecule has 4 heterocycles. The second-order valence-electron chi connectivity index (χ2n) is 6.21. The zero-order valence-corrected chi connectivity index (χ0v) is 14.7. The molecule has 0 spiro atoms. The first kappa shape index (κ1) is 16.8. The number of pyridine rings is 2. The van der Waals surface area contributed by atoms with Crippen molar-refractivity contribution in [3.63, 3.8) is 0 Å². The number of nitriles is 1. The van der Waals surface area contributed by atoms with Crippen molar-refractivity contribution in [1.29, 1.82) is 5.26 Å². The minimum Gasteiger partial charge on any atom is -0.497 e. The van der Waals surface area contributed by atoms with Gasteiger partial charge in [-0.25, -0.2) is 9.97 Å². The largest absolute Gasteiger partial charge is 0.497 e. The number of ether oxygens (including phenoxy) is 2. The highest BCUT2D eigenvalue weighted by Gasteiger charge is 2.30. The van der Waals surface area contributed by atoms with Crippen LogP contribution >= 0.6 is 0 Å². The van der Waals surface area contributed by atoms with E-state index in [2.05, 4.69) is 9.97 Å². The minimum absolute atomic E-state index is 0.0912. The SMILES string of the molecule is COc1ccn2c(C(=O)N3CCC(Oc4ccc(C#N)cn4)C3)cnc2c1. The van der Waals surface area contributed by atoms with Crippen molar-refractivity contribution in [3.8, 4) is 17.7 Å². The Morgan fingerprint density at radius 3 is 2.93 bits per heavy atom. The van der Waals surface area contributed by atoms with E-state index >= 15 is 0 Å². The Balaban J connectivity index is 1.45. The summed E-state index contributed by atoms with van der Waals surface area (Å²) in [7, 11) is 1.59. The van der Waals surface area contributed by atoms with Crippen molar-refractivity contribution in [2.75, 3.05) is 20.2 Å². The summed E-state index contributed by atoms with van der Waals surface area (Å²) in [4.78, 5) is 23.0. The zero-order valence-electron chi connectivity index (χ0n) is 14.7. The van der Waals surface area contributed by atoms with Gasteiger partial charge in [-0.1, -0.05) is 0 Å². The summed E-state index contributed by atoms with van der Waals surface area (Å²) < 4.78 is 12.8. The standard InChI is InChI=1S/C19H17N5O3/c1-26-14-5-7-24-16(11-21-17(24)8-14)19(25)23-6-4-15(12-23)27-18-3-2-13(9-20)10-22-18/h2-3,5,7-8,10-11,15H,4,6,12H2,1H3. The summed E-state index contributed by atoms with van der Waals surface area (Å²) in [6.45, 7) is 1.08. The van der Waals surface area contributed by atoms with Crippen LogP contribution in [0.15, 0.2) is 42.9 Å². The Morgan fingerprint density at radius 1 is 1.30 bits per heavy atom. The van der Waals surface area contributed by atoms with E-state index in [0.717, 1.165) is 6.42 Å². The van der Waals surface area contributed by atoms with Crippen molar-refractivity contribution in [3.05, 3.63) is 54.1 Å². The van der Waals surface area contributed by atoms with Gasteiger partial charge in [0.2, 0.25) is 5.88 Å². The van der Waals surface area contributed by atoms with E-state index < -0.39 is 0 Å². The molecule has 0 radical (unpaired) electrons. The molecular formula is C19H17N5O3. The Hall–Kier alpha value is -3.60. The fraction of sp³-hybridized carbons (Fsp3) is 0.263. The van der Waals surface area contributed by atoms with Crippen LogP contribution in [0.1, 0.15) is 22.5 Å². The van der Waals surface area contributed by atoms with Crippen LogP contribution in [0, 0.1) is 11.3 Å². The first-order valence-electron chi connectivity index (χ1n) is 8.51. The molecule has 1 amide bonds. The van der Waals surface area contributed by atoms with Crippen LogP contribution in [-0.2, 0) is 0 Å². The second kappa shape index (κ2) is 6.96. The average Bonchev–Trinajstić information content (AvgIpc) is 3.34. The second-order valence-corrected chi connectivity index (χ2v) is 6.21. The molecule has 8 heteroatoms. The topological polar surface area (TPSA) is 92.8 Å². The molecule has 0 aromatic carbocycles. The fourth-order valence-electron chi connectivity index (χ4n) is 3.10. The molecule has 8 nitrogen and oxygen atoms in total. The molecule has 0 N–H and O–H groups in total. The van der Waals surface area contributed by atoms with Crippen molar-refractivity contribution in [2.24, 2.45) is 0 Å². The lowest BCUT2D eigenvalue weighted by molar-refractivity contribution is 0.0764. The average molecular weight is 363 g/mol. The first-order chi connectivity index (χ1) is 13.2. The number of fused-ring (bicyclic) bond motifs is 1. The lowest BCUT2D eigenvalue weighted by Gasteiger charge is -2.16. The molecular weight excluding hydrogens is 346 g/mol. The monoisotopic (exact) mass is 363 g/mol. The number of methoxy groups -OCH3 is 1. The van der Waals surface area contributed by atoms with Crippen LogP contribution in [0.5, 0.6) is 11.6 Å². The maximum atomic E-state index is 12.9. The van der Waals surface area contributed by atoms with E-state index in [1.807, 2.05) is 6.07 Å². The number of carbonyl (C=O) groups excluding carboxylic acids is 1. The number of hydrogen-bond donors (Lipinski definition) is 0. The van der Waals surface area contributed by atoms with Crippen LogP contribution in [0.25, 0.3) is 5.65 Å². The summed E-state index contributed by atoms with van der Waals surface area (Å²) in [6, 6.07) is 8.92. The minimum atomic E-state index is -0.131. The molecule has 0 bridgehead atoms. The predicted octanol–water partition coefficient (Wildman–Crippen LogP) is 1.90. The molecule has 0 aliphatic carbocycles. The number of aromatic nitrogens is 3. The van der Waals surface area contributed by atoms with E-state index in [-0.39, 0.29) is 12.0 Å². The first-order valence-corrected chi connectivity index (χ1v) is 8.51. The van der Waals surface area contributed by atoms with Crippen LogP contribution < -0.4 is 9.47 Å². The summed E-state index contributed by atoms with van der Waals surface area (Å²) in [6.07, 6.45) is 5.42. The molecule has 1 fully saturated rings. The van der Waals surface area contributed by atoms with Gasteiger partial charge in [-0.15, -0.1) is 0 Å². The van der Waals surface area contributed by atoms with E-state index in [0.29, 0.717) is 41.6 Å². The van der Waals surface area contributed by atoms with Crippen molar-refractivity contribution >= 4 is 11.6 Å². The maximum Gasteiger partial charge on any atom is 0.272 e. The number of carbonyl (C=O) groups is 1. The highest BCUT2D eigenvalue weighted by Crippen LogP contribution is 2.20. The number of likely N-dealkylation sites (tertiary alicyclic amines) is 1. The van der Waals surface area contributed by atoms with Crippen molar-refractivity contribution in [1.82, 2.24) is 19.3 Å². The number of hydrogen-bond acceptors (Lipinski definition) is 6. The number of amides is 1. The molecule has 1 unspecified atom stereocenters. The van der Waals surface area contributed by atoms with Gasteiger partial charge < -0.3 is 14.4 Å². The Bertz CT molecular complexity index is 1020. The highest BCUT2D eigenvalue weighted by molar-refractivity contribution is 5.93. The van der Waals surface area contributed by atoms with Crippen LogP contribution in [0.3, 0.4) is 0 Å². The third-order valence-corrected chi connectivity index (χ3v) is 4.52. The van der Waals surface area contributed by atoms with Gasteiger partial charge >= 0.3 is 0 Å². The van der Waals surface area contributed by atoms with Gasteiger partial charge in [0.1, 0.15) is 29.3 Å². The number of rotatable bonds is 4. The van der Waals surface area contributed by atoms with Gasteiger partial charge in [0.05, 0.1) is 25.4 Å². The number of nitrogens with zero attached hydrogens (tertiary/aromatic N) is 5. The fourth-order valence-corrected chi connectivity index (χ4v) is 3.10. The van der Waals surface area contributed by atoms with E-state index in [4.69, 9.17) is 14.7 Å². The van der Waals surface area contributed by atoms with E-state index in [1.54, 1.807) is 53.1 Å². The molecule has 1 aliphatic rings. The summed E-state index contributed by atoms with van der Waals surface area (Å²) in [5, 5.41) is 8.81. The molecule has 1 saturated heterocycles. The van der Waals surface area contributed by atoms with Crippen LogP contribution in [-0.4, -0.2) is 51.5 Å². The number of imidazole rings is 1. The van der Waals surface area contributed by atoms with Gasteiger partial charge in [-0.3, -0.25) is 9.20 Å². The molecule has 1 atom stereocenters. The lowest BCUT2D eigenvalue weighted by atomic mass is 10.3. The van der Waals surface area contributed by atoms with Crippen LogP contribution in [0.4, 0.5) is 0 Å². The van der Waals surface area contributed by atoms with Crippen molar-refractivity contribution < 1.29 is 14.3 Å². The normalized spacial score (nSPS) is 16.3. The molecule has 0 saturated carbocycles. The van der Waals surface area contributed by atoms with Gasteiger partial charge in [0.25, 0.3) is 5.91 Å². The Kier molecular flexibility index (Phi) is 4.34. The summed E-state index contributed by atoms with van der Waals surface area (Å²) >= 11 is 0. The van der Waals surface area contributed by atoms with E-state index in [1.165, 1.54) is 6.20 Å². The summed E-state index contributed by atoms with van der Waals surface area (Å²) in [5.74, 6) is 1.05. The predicted molar refractivity (Wildman–Crippen MR) is 95.6 cm³/mol. The Morgan fingerprint density at radius 2 is 2.19 bits per heavy atom. The molecule has 136 valence electrons. The quantitative estimate of drug-likeness (QED) is 0.703. The summed E-state index contributed by atoms with van der Waals surface area (Å²) in [5.41, 5.74) is 1.64. The maximum absolute atomic E-state index is 12.9. The van der Waals surface area contributed by atoms with Crippen LogP contribution in [0.2, 0.25) is 0 Å². The van der Waals surface area contributed by atoms with Gasteiger partial charge in [-0.2, -0.15) is 5.26 Å². The molecule has 27 heavy (non-hydrogen) atoms. The smallest absolute Gasteiger partial charge is 0.272 e.